The standard InChI is InChI=1S/C19H20ClNO4/c1-10-6-5-7-11(17(10)20)12-8-15(22)21-13-9-14(23-2)18(24-3)19(25-4)16(12)13/h5-7,9,12H,8H2,1-4H3,(H,21,22). The van der Waals surface area contributed by atoms with Crippen molar-refractivity contribution in [1.29, 1.82) is 0 Å². The van der Waals surface area contributed by atoms with Crippen molar-refractivity contribution >= 4 is 23.2 Å². The lowest BCUT2D eigenvalue weighted by atomic mass is 9.83. The van der Waals surface area contributed by atoms with Gasteiger partial charge in [0.1, 0.15) is 0 Å². The summed E-state index contributed by atoms with van der Waals surface area (Å²) in [6, 6.07) is 7.58. The quantitative estimate of drug-likeness (QED) is 0.888. The molecule has 1 atom stereocenters. The third kappa shape index (κ3) is 2.89. The van der Waals surface area contributed by atoms with Crippen molar-refractivity contribution in [2.75, 3.05) is 26.6 Å². The second kappa shape index (κ2) is 6.84. The fourth-order valence-electron chi connectivity index (χ4n) is 3.32. The maximum Gasteiger partial charge on any atom is 0.225 e. The van der Waals surface area contributed by atoms with E-state index < -0.39 is 0 Å². The van der Waals surface area contributed by atoms with Crippen LogP contribution in [-0.2, 0) is 4.79 Å². The number of carbonyl (C=O) groups is 1. The molecule has 0 radical (unpaired) electrons. The number of nitrogens with one attached hydrogen (secondary N) is 1. The first-order valence-corrected chi connectivity index (χ1v) is 8.27. The third-order valence-corrected chi connectivity index (χ3v) is 4.99. The lowest BCUT2D eigenvalue weighted by Gasteiger charge is -2.30. The van der Waals surface area contributed by atoms with E-state index in [1.807, 2.05) is 25.1 Å². The zero-order valence-electron chi connectivity index (χ0n) is 14.6. The molecule has 0 saturated carbocycles. The molecule has 1 N–H and O–H groups in total. The van der Waals surface area contributed by atoms with Crippen LogP contribution in [-0.4, -0.2) is 27.2 Å². The highest BCUT2D eigenvalue weighted by Crippen LogP contribution is 2.52. The van der Waals surface area contributed by atoms with Crippen LogP contribution in [0.1, 0.15) is 29.0 Å². The Morgan fingerprint density at radius 2 is 1.84 bits per heavy atom. The van der Waals surface area contributed by atoms with Crippen LogP contribution in [0, 0.1) is 6.92 Å². The van der Waals surface area contributed by atoms with Crippen molar-refractivity contribution in [2.45, 2.75) is 19.3 Å². The van der Waals surface area contributed by atoms with Crippen LogP contribution in [0.4, 0.5) is 5.69 Å². The summed E-state index contributed by atoms with van der Waals surface area (Å²) < 4.78 is 16.5. The van der Waals surface area contributed by atoms with Crippen LogP contribution in [0.25, 0.3) is 0 Å². The molecule has 1 unspecified atom stereocenters. The molecule has 1 amide bonds. The van der Waals surface area contributed by atoms with Gasteiger partial charge in [0.05, 0.1) is 27.0 Å². The van der Waals surface area contributed by atoms with Gasteiger partial charge in [0.25, 0.3) is 0 Å². The Kier molecular flexibility index (Phi) is 4.77. The van der Waals surface area contributed by atoms with E-state index in [1.54, 1.807) is 27.4 Å². The fraction of sp³-hybridized carbons (Fsp3) is 0.316. The highest BCUT2D eigenvalue weighted by molar-refractivity contribution is 6.32. The number of halogens is 1. The minimum atomic E-state index is -0.231. The van der Waals surface area contributed by atoms with Crippen LogP contribution in [0.5, 0.6) is 17.2 Å². The Bertz CT molecular complexity index is 835. The molecule has 6 heteroatoms. The second-order valence-electron chi connectivity index (χ2n) is 5.89. The molecule has 1 heterocycles. The van der Waals surface area contributed by atoms with Gasteiger partial charge in [-0.2, -0.15) is 0 Å². The second-order valence-corrected chi connectivity index (χ2v) is 6.27. The molecule has 5 nitrogen and oxygen atoms in total. The van der Waals surface area contributed by atoms with Crippen LogP contribution >= 0.6 is 11.6 Å². The Hall–Kier alpha value is -2.40. The van der Waals surface area contributed by atoms with Crippen molar-refractivity contribution in [3.8, 4) is 17.2 Å². The summed E-state index contributed by atoms with van der Waals surface area (Å²) in [5.74, 6) is 1.22. The lowest BCUT2D eigenvalue weighted by Crippen LogP contribution is -2.24. The normalized spacial score (nSPS) is 16.0. The van der Waals surface area contributed by atoms with Gasteiger partial charge >= 0.3 is 0 Å². The third-order valence-electron chi connectivity index (χ3n) is 4.48. The Morgan fingerprint density at radius 1 is 1.12 bits per heavy atom. The van der Waals surface area contributed by atoms with E-state index in [0.29, 0.717) is 28.0 Å². The first-order chi connectivity index (χ1) is 12.0. The molecule has 2 aromatic rings. The molecular weight excluding hydrogens is 342 g/mol. The number of aryl methyl sites for hydroxylation is 1. The summed E-state index contributed by atoms with van der Waals surface area (Å²) in [4.78, 5) is 12.3. The Balaban J connectivity index is 2.29. The predicted molar refractivity (Wildman–Crippen MR) is 97.4 cm³/mol. The minimum Gasteiger partial charge on any atom is -0.493 e. The van der Waals surface area contributed by atoms with Crippen molar-refractivity contribution < 1.29 is 19.0 Å². The van der Waals surface area contributed by atoms with Gasteiger partial charge in [-0.05, 0) is 18.1 Å². The minimum absolute atomic E-state index is 0.0793. The monoisotopic (exact) mass is 361 g/mol. The zero-order valence-corrected chi connectivity index (χ0v) is 15.4. The van der Waals surface area contributed by atoms with Crippen molar-refractivity contribution in [3.63, 3.8) is 0 Å². The van der Waals surface area contributed by atoms with Gasteiger partial charge in [0, 0.05) is 29.0 Å². The maximum atomic E-state index is 12.3. The number of fused-ring (bicyclic) bond motifs is 1. The van der Waals surface area contributed by atoms with E-state index in [4.69, 9.17) is 25.8 Å². The van der Waals surface area contributed by atoms with Crippen LogP contribution in [0.2, 0.25) is 5.02 Å². The molecule has 0 saturated heterocycles. The van der Waals surface area contributed by atoms with Gasteiger partial charge < -0.3 is 19.5 Å². The number of hydrogen-bond acceptors (Lipinski definition) is 4. The summed E-state index contributed by atoms with van der Waals surface area (Å²) in [5.41, 5.74) is 3.34. The first kappa shape index (κ1) is 17.4. The molecule has 0 spiro atoms. The van der Waals surface area contributed by atoms with Gasteiger partial charge in [0.15, 0.2) is 11.5 Å². The molecule has 0 fully saturated rings. The molecule has 1 aliphatic rings. The van der Waals surface area contributed by atoms with E-state index >= 15 is 0 Å². The molecule has 3 rings (SSSR count). The largest absolute Gasteiger partial charge is 0.493 e. The van der Waals surface area contributed by atoms with E-state index in [1.165, 1.54) is 0 Å². The number of hydrogen-bond donors (Lipinski definition) is 1. The van der Waals surface area contributed by atoms with Crippen molar-refractivity contribution in [3.05, 3.63) is 46.0 Å². The number of anilines is 1. The number of carbonyl (C=O) groups excluding carboxylic acids is 1. The van der Waals surface area contributed by atoms with E-state index in [9.17, 15) is 4.79 Å². The zero-order chi connectivity index (χ0) is 18.1. The summed E-state index contributed by atoms with van der Waals surface area (Å²) >= 11 is 6.54. The van der Waals surface area contributed by atoms with Crippen molar-refractivity contribution in [1.82, 2.24) is 0 Å². The van der Waals surface area contributed by atoms with Crippen LogP contribution in [0.15, 0.2) is 24.3 Å². The molecule has 0 aliphatic carbocycles. The van der Waals surface area contributed by atoms with E-state index in [0.717, 1.165) is 16.7 Å². The molecule has 0 bridgehead atoms. The van der Waals surface area contributed by atoms with E-state index in [-0.39, 0.29) is 18.2 Å². The molecule has 25 heavy (non-hydrogen) atoms. The summed E-state index contributed by atoms with van der Waals surface area (Å²) in [7, 11) is 4.68. The Morgan fingerprint density at radius 3 is 2.48 bits per heavy atom. The average molecular weight is 362 g/mol. The van der Waals surface area contributed by atoms with Gasteiger partial charge in [0.2, 0.25) is 11.7 Å². The Labute approximate surface area is 151 Å². The highest BCUT2D eigenvalue weighted by Gasteiger charge is 2.34. The molecule has 1 aliphatic heterocycles. The summed E-state index contributed by atoms with van der Waals surface area (Å²) in [6.07, 6.45) is 0.280. The molecule has 0 aromatic heterocycles. The van der Waals surface area contributed by atoms with Gasteiger partial charge in [-0.15, -0.1) is 0 Å². The smallest absolute Gasteiger partial charge is 0.225 e. The van der Waals surface area contributed by atoms with Gasteiger partial charge in [-0.3, -0.25) is 4.79 Å². The SMILES string of the molecule is COc1cc2c(c(OC)c1OC)C(c1cccc(C)c1Cl)CC(=O)N2. The van der Waals surface area contributed by atoms with Crippen molar-refractivity contribution in [2.24, 2.45) is 0 Å². The number of amides is 1. The summed E-state index contributed by atoms with van der Waals surface area (Å²) in [6.45, 7) is 1.95. The maximum absolute atomic E-state index is 12.3. The van der Waals surface area contributed by atoms with E-state index in [2.05, 4.69) is 5.32 Å². The first-order valence-electron chi connectivity index (χ1n) is 7.89. The molecular formula is C19H20ClNO4. The topological polar surface area (TPSA) is 56.8 Å². The number of rotatable bonds is 4. The average Bonchev–Trinajstić information content (AvgIpc) is 2.61. The summed E-state index contributed by atoms with van der Waals surface area (Å²) in [5, 5.41) is 3.55. The number of ether oxygens (including phenoxy) is 3. The van der Waals surface area contributed by atoms with Crippen LogP contribution in [0.3, 0.4) is 0 Å². The van der Waals surface area contributed by atoms with Gasteiger partial charge in [-0.25, -0.2) is 0 Å². The predicted octanol–water partition coefficient (Wildman–Crippen LogP) is 4.15. The lowest BCUT2D eigenvalue weighted by molar-refractivity contribution is -0.116. The molecule has 2 aromatic carbocycles. The van der Waals surface area contributed by atoms with Crippen LogP contribution < -0.4 is 19.5 Å². The number of methoxy groups -OCH3 is 3. The number of benzene rings is 2. The highest BCUT2D eigenvalue weighted by atomic mass is 35.5. The fourth-order valence-corrected chi connectivity index (χ4v) is 3.58. The molecule has 132 valence electrons. The van der Waals surface area contributed by atoms with Gasteiger partial charge in [-0.1, -0.05) is 29.8 Å².